The third-order valence-corrected chi connectivity index (χ3v) is 6.12. The van der Waals surface area contributed by atoms with Gasteiger partial charge in [0, 0.05) is 28.5 Å². The minimum absolute atomic E-state index is 0.164. The number of hydrogen-bond acceptors (Lipinski definition) is 3. The average molecular weight is 574 g/mol. The van der Waals surface area contributed by atoms with Crippen LogP contribution in [0.4, 0.5) is 0 Å². The van der Waals surface area contributed by atoms with E-state index in [4.69, 9.17) is 4.74 Å². The van der Waals surface area contributed by atoms with Gasteiger partial charge in [-0.25, -0.2) is 0 Å². The second kappa shape index (κ2) is 12.6. The van der Waals surface area contributed by atoms with Crippen molar-refractivity contribution in [1.29, 1.82) is 0 Å². The van der Waals surface area contributed by atoms with Crippen molar-refractivity contribution in [3.05, 3.63) is 98.9 Å². The minimum Gasteiger partial charge on any atom is -0.484 e. The van der Waals surface area contributed by atoms with E-state index in [9.17, 15) is 9.59 Å². The Morgan fingerprint density at radius 2 is 1.48 bits per heavy atom. The molecule has 0 radical (unpaired) electrons. The fourth-order valence-corrected chi connectivity index (χ4v) is 3.92. The van der Waals surface area contributed by atoms with E-state index < -0.39 is 6.04 Å². The van der Waals surface area contributed by atoms with Crippen molar-refractivity contribution in [3.8, 4) is 5.75 Å². The van der Waals surface area contributed by atoms with Crippen LogP contribution in [0.3, 0.4) is 0 Å². The number of carbonyl (C=O) groups excluding carboxylic acids is 2. The molecule has 0 saturated heterocycles. The summed E-state index contributed by atoms with van der Waals surface area (Å²) in [6, 6.07) is 24.1. The van der Waals surface area contributed by atoms with Crippen molar-refractivity contribution in [2.75, 3.05) is 13.2 Å². The zero-order valence-electron chi connectivity index (χ0n) is 18.3. The first-order chi connectivity index (χ1) is 16.0. The lowest BCUT2D eigenvalue weighted by atomic mass is 10.0. The number of amides is 2. The molecule has 3 rings (SSSR count). The van der Waals surface area contributed by atoms with Crippen LogP contribution in [0.15, 0.2) is 87.8 Å². The zero-order valence-corrected chi connectivity index (χ0v) is 21.5. The molecule has 33 heavy (non-hydrogen) atoms. The Labute approximate surface area is 211 Å². The Balaban J connectivity index is 1.87. The Hall–Kier alpha value is -2.64. The van der Waals surface area contributed by atoms with E-state index >= 15 is 0 Å². The molecule has 0 aromatic heterocycles. The van der Waals surface area contributed by atoms with Gasteiger partial charge >= 0.3 is 0 Å². The van der Waals surface area contributed by atoms with Crippen molar-refractivity contribution in [2.45, 2.75) is 25.9 Å². The highest BCUT2D eigenvalue weighted by atomic mass is 79.9. The highest BCUT2D eigenvalue weighted by molar-refractivity contribution is 9.10. The molecule has 0 fully saturated rings. The van der Waals surface area contributed by atoms with E-state index in [0.717, 1.165) is 20.1 Å². The summed E-state index contributed by atoms with van der Waals surface area (Å²) in [5, 5.41) is 2.89. The van der Waals surface area contributed by atoms with Crippen LogP contribution in [-0.2, 0) is 22.6 Å². The van der Waals surface area contributed by atoms with Crippen molar-refractivity contribution < 1.29 is 14.3 Å². The summed E-state index contributed by atoms with van der Waals surface area (Å²) < 4.78 is 7.63. The van der Waals surface area contributed by atoms with Crippen molar-refractivity contribution in [1.82, 2.24) is 10.2 Å². The second-order valence-corrected chi connectivity index (χ2v) is 9.32. The van der Waals surface area contributed by atoms with Gasteiger partial charge in [-0.3, -0.25) is 9.59 Å². The fourth-order valence-electron chi connectivity index (χ4n) is 3.39. The standard InChI is InChI=1S/C26H26Br2N2O3/c1-2-29-26(32)24(16-19-6-4-3-5-7-19)30(17-20-8-10-21(27)11-9-20)25(31)18-33-23-14-12-22(28)13-15-23/h3-15,24H,2,16-18H2,1H3,(H,29,32)/t24-/m1/s1. The van der Waals surface area contributed by atoms with Gasteiger partial charge in [0.2, 0.25) is 5.91 Å². The van der Waals surface area contributed by atoms with Crippen LogP contribution in [0.2, 0.25) is 0 Å². The van der Waals surface area contributed by atoms with Crippen LogP contribution in [0.1, 0.15) is 18.1 Å². The first-order valence-electron chi connectivity index (χ1n) is 10.7. The second-order valence-electron chi connectivity index (χ2n) is 7.49. The average Bonchev–Trinajstić information content (AvgIpc) is 2.82. The molecule has 2 amide bonds. The van der Waals surface area contributed by atoms with Gasteiger partial charge in [0.15, 0.2) is 6.61 Å². The number of hydrogen-bond donors (Lipinski definition) is 1. The topological polar surface area (TPSA) is 58.6 Å². The van der Waals surface area contributed by atoms with Crippen molar-refractivity contribution in [2.24, 2.45) is 0 Å². The van der Waals surface area contributed by atoms with Gasteiger partial charge in [-0.15, -0.1) is 0 Å². The Kier molecular flexibility index (Phi) is 9.51. The van der Waals surface area contributed by atoms with E-state index in [0.29, 0.717) is 25.3 Å². The Morgan fingerprint density at radius 1 is 0.879 bits per heavy atom. The van der Waals surface area contributed by atoms with Crippen LogP contribution in [0.25, 0.3) is 0 Å². The van der Waals surface area contributed by atoms with E-state index in [2.05, 4.69) is 37.2 Å². The normalized spacial score (nSPS) is 11.5. The third kappa shape index (κ3) is 7.72. The summed E-state index contributed by atoms with van der Waals surface area (Å²) >= 11 is 6.84. The van der Waals surface area contributed by atoms with Crippen LogP contribution in [0.5, 0.6) is 5.75 Å². The van der Waals surface area contributed by atoms with Gasteiger partial charge in [0.25, 0.3) is 5.91 Å². The molecule has 172 valence electrons. The number of carbonyl (C=O) groups is 2. The van der Waals surface area contributed by atoms with E-state index in [1.54, 1.807) is 17.0 Å². The van der Waals surface area contributed by atoms with E-state index in [1.165, 1.54) is 0 Å². The Morgan fingerprint density at radius 3 is 2.09 bits per heavy atom. The first-order valence-corrected chi connectivity index (χ1v) is 12.3. The third-order valence-electron chi connectivity index (χ3n) is 5.06. The number of rotatable bonds is 10. The van der Waals surface area contributed by atoms with Gasteiger partial charge in [0.1, 0.15) is 11.8 Å². The predicted octanol–water partition coefficient (Wildman–Crippen LogP) is 5.37. The quantitative estimate of drug-likeness (QED) is 0.355. The molecule has 3 aromatic carbocycles. The Bertz CT molecular complexity index is 1040. The molecular weight excluding hydrogens is 548 g/mol. The maximum absolute atomic E-state index is 13.4. The van der Waals surface area contributed by atoms with Gasteiger partial charge in [-0.1, -0.05) is 74.3 Å². The fraction of sp³-hybridized carbons (Fsp3) is 0.231. The highest BCUT2D eigenvalue weighted by Gasteiger charge is 2.30. The van der Waals surface area contributed by atoms with Crippen molar-refractivity contribution in [3.63, 3.8) is 0 Å². The SMILES string of the molecule is CCNC(=O)[C@@H](Cc1ccccc1)N(Cc1ccc(Br)cc1)C(=O)COc1ccc(Br)cc1. The first kappa shape index (κ1) is 25.0. The van der Waals surface area contributed by atoms with Gasteiger partial charge < -0.3 is 15.0 Å². The summed E-state index contributed by atoms with van der Waals surface area (Å²) in [4.78, 5) is 28.1. The van der Waals surface area contributed by atoms with Crippen LogP contribution in [0, 0.1) is 0 Å². The number of ether oxygens (including phenoxy) is 1. The molecule has 0 aliphatic rings. The lowest BCUT2D eigenvalue weighted by molar-refractivity contribution is -0.142. The van der Waals surface area contributed by atoms with Gasteiger partial charge in [-0.05, 0) is 54.4 Å². The molecule has 0 saturated carbocycles. The largest absolute Gasteiger partial charge is 0.484 e. The summed E-state index contributed by atoms with van der Waals surface area (Å²) in [6.45, 7) is 2.49. The minimum atomic E-state index is -0.669. The van der Waals surface area contributed by atoms with Crippen LogP contribution >= 0.6 is 31.9 Å². The molecule has 0 aliphatic carbocycles. The predicted molar refractivity (Wildman–Crippen MR) is 137 cm³/mol. The number of likely N-dealkylation sites (N-methyl/N-ethyl adjacent to an activating group) is 1. The molecule has 7 heteroatoms. The number of halogens is 2. The summed E-state index contributed by atoms with van der Waals surface area (Å²) in [7, 11) is 0. The monoisotopic (exact) mass is 572 g/mol. The summed E-state index contributed by atoms with van der Waals surface area (Å²) in [5.74, 6) is 0.149. The molecule has 1 N–H and O–H groups in total. The smallest absolute Gasteiger partial charge is 0.261 e. The molecule has 3 aromatic rings. The lowest BCUT2D eigenvalue weighted by Gasteiger charge is -2.31. The van der Waals surface area contributed by atoms with Gasteiger partial charge in [0.05, 0.1) is 0 Å². The molecule has 0 spiro atoms. The van der Waals surface area contributed by atoms with Gasteiger partial charge in [-0.2, -0.15) is 0 Å². The molecular formula is C26H26Br2N2O3. The van der Waals surface area contributed by atoms with Crippen molar-refractivity contribution >= 4 is 43.7 Å². The molecule has 5 nitrogen and oxygen atoms in total. The summed E-state index contributed by atoms with van der Waals surface area (Å²) in [6.07, 6.45) is 0.410. The summed E-state index contributed by atoms with van der Waals surface area (Å²) in [5.41, 5.74) is 1.91. The highest BCUT2D eigenvalue weighted by Crippen LogP contribution is 2.19. The zero-order chi connectivity index (χ0) is 23.6. The molecule has 0 heterocycles. The maximum atomic E-state index is 13.4. The maximum Gasteiger partial charge on any atom is 0.261 e. The number of benzene rings is 3. The lowest BCUT2D eigenvalue weighted by Crippen LogP contribution is -2.51. The molecule has 0 aliphatic heterocycles. The van der Waals surface area contributed by atoms with E-state index in [1.807, 2.05) is 73.7 Å². The molecule has 0 unspecified atom stereocenters. The number of nitrogens with zero attached hydrogens (tertiary/aromatic N) is 1. The molecule has 1 atom stereocenters. The number of nitrogens with one attached hydrogen (secondary N) is 1. The van der Waals surface area contributed by atoms with E-state index in [-0.39, 0.29) is 18.4 Å². The van der Waals surface area contributed by atoms with Crippen LogP contribution in [-0.4, -0.2) is 35.9 Å². The van der Waals surface area contributed by atoms with Crippen LogP contribution < -0.4 is 10.1 Å². The molecule has 0 bridgehead atoms.